The largest absolute Gasteiger partial charge is 0.497 e. The van der Waals surface area contributed by atoms with Gasteiger partial charge in [0, 0.05) is 19.2 Å². The summed E-state index contributed by atoms with van der Waals surface area (Å²) in [5.74, 6) is 0.266. The van der Waals surface area contributed by atoms with Crippen LogP contribution in [0, 0.1) is 0 Å². The molecule has 1 aliphatic rings. The number of halogens is 2. The van der Waals surface area contributed by atoms with Gasteiger partial charge >= 0.3 is 0 Å². The fourth-order valence-electron chi connectivity index (χ4n) is 3.69. The number of likely N-dealkylation sites (N-methyl/N-ethyl adjacent to an activating group) is 1. The van der Waals surface area contributed by atoms with Crippen LogP contribution in [0.1, 0.15) is 27.7 Å². The molecule has 1 aliphatic heterocycles. The molecule has 6 nitrogen and oxygen atoms in total. The lowest BCUT2D eigenvalue weighted by Crippen LogP contribution is -2.35. The van der Waals surface area contributed by atoms with Gasteiger partial charge in [0.25, 0.3) is 5.91 Å². The maximum atomic E-state index is 13.4. The Balaban J connectivity index is 1.94. The normalized spacial score (nSPS) is 15.9. The van der Waals surface area contributed by atoms with Gasteiger partial charge in [0.1, 0.15) is 11.3 Å². The monoisotopic (exact) mass is 446 g/mol. The predicted molar refractivity (Wildman–Crippen MR) is 117 cm³/mol. The van der Waals surface area contributed by atoms with Gasteiger partial charge < -0.3 is 19.0 Å². The Morgan fingerprint density at radius 3 is 2.53 bits per heavy atom. The van der Waals surface area contributed by atoms with Crippen LogP contribution in [0.25, 0.3) is 11.0 Å². The summed E-state index contributed by atoms with van der Waals surface area (Å²) in [5.41, 5.74) is 1.09. The highest BCUT2D eigenvalue weighted by Crippen LogP contribution is 2.39. The molecule has 2 heterocycles. The van der Waals surface area contributed by atoms with Crippen molar-refractivity contribution < 1.29 is 13.9 Å². The highest BCUT2D eigenvalue weighted by atomic mass is 35.5. The molecule has 0 spiro atoms. The molecular formula is C22H20Cl2N2O4. The molecule has 1 aromatic heterocycles. The third-order valence-electron chi connectivity index (χ3n) is 5.22. The number of hydrogen-bond donors (Lipinski definition) is 0. The quantitative estimate of drug-likeness (QED) is 0.586. The van der Waals surface area contributed by atoms with Gasteiger partial charge in [0.2, 0.25) is 5.76 Å². The number of rotatable bonds is 5. The molecule has 0 bridgehead atoms. The third kappa shape index (κ3) is 3.45. The molecule has 1 amide bonds. The minimum atomic E-state index is -0.607. The standard InChI is InChI=1S/C22H20Cl2N2O4/c1-25(2)8-9-26-19(12-4-7-15(23)16(24)10-12)18-20(27)14-6-5-13(29-3)11-17(14)30-21(18)22(26)28/h4-7,10-11,19H,8-9H2,1-3H3. The summed E-state index contributed by atoms with van der Waals surface area (Å²) in [6.45, 7) is 1.04. The number of nitrogens with zero attached hydrogens (tertiary/aromatic N) is 2. The average molecular weight is 447 g/mol. The van der Waals surface area contributed by atoms with E-state index in [1.807, 2.05) is 19.0 Å². The SMILES string of the molecule is COc1ccc2c(=O)c3c(oc2c1)C(=O)N(CCN(C)C)C3c1ccc(Cl)c(Cl)c1. The number of fused-ring (bicyclic) bond motifs is 2. The van der Waals surface area contributed by atoms with Crippen LogP contribution >= 0.6 is 23.2 Å². The zero-order valence-corrected chi connectivity index (χ0v) is 18.3. The number of carbonyl (C=O) groups excluding carboxylic acids is 1. The number of benzene rings is 2. The summed E-state index contributed by atoms with van der Waals surface area (Å²) in [7, 11) is 5.37. The van der Waals surface area contributed by atoms with E-state index in [0.717, 1.165) is 0 Å². The fraction of sp³-hybridized carbons (Fsp3) is 0.273. The third-order valence-corrected chi connectivity index (χ3v) is 5.96. The number of carbonyl (C=O) groups is 1. The van der Waals surface area contributed by atoms with Crippen molar-refractivity contribution in [1.82, 2.24) is 9.80 Å². The number of amides is 1. The van der Waals surface area contributed by atoms with E-state index >= 15 is 0 Å². The Labute approximate surface area is 183 Å². The van der Waals surface area contributed by atoms with Crippen molar-refractivity contribution in [3.05, 3.63) is 73.6 Å². The average Bonchev–Trinajstić information content (AvgIpc) is 3.00. The van der Waals surface area contributed by atoms with Crippen molar-refractivity contribution in [3.8, 4) is 5.75 Å². The van der Waals surface area contributed by atoms with Crippen molar-refractivity contribution in [2.24, 2.45) is 0 Å². The summed E-state index contributed by atoms with van der Waals surface area (Å²) in [4.78, 5) is 30.3. The van der Waals surface area contributed by atoms with Crippen LogP contribution in [0.15, 0.2) is 45.6 Å². The first-order valence-corrected chi connectivity index (χ1v) is 10.1. The Hall–Kier alpha value is -2.54. The van der Waals surface area contributed by atoms with Crippen molar-refractivity contribution >= 4 is 40.1 Å². The molecule has 4 rings (SSSR count). The molecule has 0 aliphatic carbocycles. The Morgan fingerprint density at radius 2 is 1.87 bits per heavy atom. The summed E-state index contributed by atoms with van der Waals surface area (Å²) < 4.78 is 11.2. The van der Waals surface area contributed by atoms with Crippen LogP contribution in [-0.4, -0.2) is 50.0 Å². The predicted octanol–water partition coefficient (Wildman–Crippen LogP) is 4.22. The summed E-state index contributed by atoms with van der Waals surface area (Å²) in [6, 6.07) is 9.49. The lowest BCUT2D eigenvalue weighted by atomic mass is 9.98. The molecule has 0 saturated heterocycles. The van der Waals surface area contributed by atoms with E-state index in [4.69, 9.17) is 32.4 Å². The number of ether oxygens (including phenoxy) is 1. The highest BCUT2D eigenvalue weighted by molar-refractivity contribution is 6.42. The summed E-state index contributed by atoms with van der Waals surface area (Å²) in [6.07, 6.45) is 0. The van der Waals surface area contributed by atoms with E-state index < -0.39 is 6.04 Å². The van der Waals surface area contributed by atoms with Crippen LogP contribution in [0.2, 0.25) is 10.0 Å². The van der Waals surface area contributed by atoms with E-state index in [9.17, 15) is 9.59 Å². The first-order chi connectivity index (χ1) is 14.3. The maximum Gasteiger partial charge on any atom is 0.290 e. The lowest BCUT2D eigenvalue weighted by molar-refractivity contribution is 0.0716. The molecule has 30 heavy (non-hydrogen) atoms. The lowest BCUT2D eigenvalue weighted by Gasteiger charge is -2.26. The van der Waals surface area contributed by atoms with E-state index in [-0.39, 0.29) is 17.1 Å². The van der Waals surface area contributed by atoms with Gasteiger partial charge in [-0.15, -0.1) is 0 Å². The smallest absolute Gasteiger partial charge is 0.290 e. The maximum absolute atomic E-state index is 13.4. The molecule has 0 N–H and O–H groups in total. The number of methoxy groups -OCH3 is 1. The Bertz CT molecular complexity index is 1210. The molecule has 8 heteroatoms. The van der Waals surface area contributed by atoms with Crippen LogP contribution in [0.5, 0.6) is 5.75 Å². The minimum absolute atomic E-state index is 0.0515. The molecule has 0 radical (unpaired) electrons. The van der Waals surface area contributed by atoms with Gasteiger partial charge in [0.05, 0.1) is 34.1 Å². The molecule has 2 aromatic carbocycles. The molecule has 1 unspecified atom stereocenters. The van der Waals surface area contributed by atoms with Crippen molar-refractivity contribution in [3.63, 3.8) is 0 Å². The topological polar surface area (TPSA) is 63.0 Å². The van der Waals surface area contributed by atoms with Crippen molar-refractivity contribution in [2.75, 3.05) is 34.3 Å². The van der Waals surface area contributed by atoms with Crippen molar-refractivity contribution in [1.29, 1.82) is 0 Å². The molecule has 1 atom stereocenters. The van der Waals surface area contributed by atoms with Crippen LogP contribution < -0.4 is 10.2 Å². The second-order valence-electron chi connectivity index (χ2n) is 7.41. The van der Waals surface area contributed by atoms with E-state index in [2.05, 4.69) is 0 Å². The Morgan fingerprint density at radius 1 is 1.10 bits per heavy atom. The van der Waals surface area contributed by atoms with E-state index in [1.54, 1.807) is 41.3 Å². The van der Waals surface area contributed by atoms with E-state index in [0.29, 0.717) is 51.0 Å². The van der Waals surface area contributed by atoms with Crippen LogP contribution in [-0.2, 0) is 0 Å². The van der Waals surface area contributed by atoms with Gasteiger partial charge in [-0.1, -0.05) is 29.3 Å². The zero-order valence-electron chi connectivity index (χ0n) is 16.7. The first-order valence-electron chi connectivity index (χ1n) is 9.37. The molecular weight excluding hydrogens is 427 g/mol. The number of hydrogen-bond acceptors (Lipinski definition) is 5. The Kier molecular flexibility index (Phi) is 5.49. The fourth-order valence-corrected chi connectivity index (χ4v) is 4.00. The second-order valence-corrected chi connectivity index (χ2v) is 8.23. The molecule has 3 aromatic rings. The molecule has 0 fully saturated rings. The minimum Gasteiger partial charge on any atom is -0.497 e. The van der Waals surface area contributed by atoms with Gasteiger partial charge in [-0.25, -0.2) is 0 Å². The van der Waals surface area contributed by atoms with Gasteiger partial charge in [-0.3, -0.25) is 9.59 Å². The molecule has 156 valence electrons. The zero-order chi connectivity index (χ0) is 21.6. The second kappa shape index (κ2) is 7.95. The highest BCUT2D eigenvalue weighted by Gasteiger charge is 2.42. The first kappa shape index (κ1) is 20.7. The summed E-state index contributed by atoms with van der Waals surface area (Å²) in [5, 5.41) is 1.15. The summed E-state index contributed by atoms with van der Waals surface area (Å²) >= 11 is 12.3. The van der Waals surface area contributed by atoms with Crippen LogP contribution in [0.3, 0.4) is 0 Å². The van der Waals surface area contributed by atoms with Crippen molar-refractivity contribution in [2.45, 2.75) is 6.04 Å². The molecule has 0 saturated carbocycles. The van der Waals surface area contributed by atoms with Gasteiger partial charge in [-0.2, -0.15) is 0 Å². The van der Waals surface area contributed by atoms with Gasteiger partial charge in [0.15, 0.2) is 5.43 Å². The van der Waals surface area contributed by atoms with E-state index in [1.165, 1.54) is 7.11 Å². The van der Waals surface area contributed by atoms with Crippen LogP contribution in [0.4, 0.5) is 0 Å². The van der Waals surface area contributed by atoms with Gasteiger partial charge in [-0.05, 0) is 43.9 Å².